The minimum absolute atomic E-state index is 0.825. The Hall–Kier alpha value is -5.29. The van der Waals surface area contributed by atoms with E-state index < -0.39 is 6.69 Å². The van der Waals surface area contributed by atoms with Crippen LogP contribution in [0.15, 0.2) is 140 Å². The van der Waals surface area contributed by atoms with Gasteiger partial charge >= 0.3 is 6.69 Å². The monoisotopic (exact) mass is 514 g/mol. The van der Waals surface area contributed by atoms with Crippen molar-refractivity contribution in [2.75, 3.05) is 0 Å². The third-order valence-corrected chi connectivity index (χ3v) is 8.42. The number of para-hydroxylation sites is 4. The van der Waals surface area contributed by atoms with Crippen molar-refractivity contribution < 1.29 is 13.8 Å². The van der Waals surface area contributed by atoms with E-state index >= 15 is 0 Å². The molecule has 9 rings (SSSR count). The fourth-order valence-electron chi connectivity index (χ4n) is 6.71. The van der Waals surface area contributed by atoms with Gasteiger partial charge in [0, 0.05) is 28.6 Å². The molecule has 2 aromatic heterocycles. The van der Waals surface area contributed by atoms with Gasteiger partial charge in [-0.1, -0.05) is 72.8 Å². The molecule has 0 unspecified atom stereocenters. The molecule has 40 heavy (non-hydrogen) atoms. The summed E-state index contributed by atoms with van der Waals surface area (Å²) >= 11 is 0. The van der Waals surface area contributed by atoms with E-state index in [1.165, 1.54) is 21.8 Å². The summed E-state index contributed by atoms with van der Waals surface area (Å²) in [7, 11) is 0. The van der Waals surface area contributed by atoms with Crippen LogP contribution in [0.3, 0.4) is 0 Å². The maximum atomic E-state index is 6.94. The Morgan fingerprint density at radius 3 is 1.55 bits per heavy atom. The number of nitrogens with zero attached hydrogens (tertiary/aromatic N) is 2. The first kappa shape index (κ1) is 21.6. The van der Waals surface area contributed by atoms with Crippen molar-refractivity contribution in [3.63, 3.8) is 0 Å². The standard InChI is InChI=1S/C35H23BN2O2/c1-5-14-30-26(10-1)27-11-2-6-15-31(27)37(30)25-22-20-24(21-23-25)36-38-32(28-12-3-7-18-34(28)39-36)16-9-17-33(38)29-13-4-8-19-35(29)40-36/h1-23H. The molecule has 0 aliphatic carbocycles. The highest BCUT2D eigenvalue weighted by Crippen LogP contribution is 2.41. The number of pyridine rings is 1. The fourth-order valence-corrected chi connectivity index (χ4v) is 6.71. The second-order valence-electron chi connectivity index (χ2n) is 10.5. The zero-order chi connectivity index (χ0) is 26.3. The first-order chi connectivity index (χ1) is 19.8. The Bertz CT molecular complexity index is 2010. The topological polar surface area (TPSA) is 27.3 Å². The quantitative estimate of drug-likeness (QED) is 0.235. The summed E-state index contributed by atoms with van der Waals surface area (Å²) in [6.07, 6.45) is 0. The van der Waals surface area contributed by atoms with E-state index in [1.807, 2.05) is 24.3 Å². The van der Waals surface area contributed by atoms with E-state index in [4.69, 9.17) is 9.31 Å². The minimum atomic E-state index is -2.10. The van der Waals surface area contributed by atoms with Gasteiger partial charge in [-0.25, -0.2) is 0 Å². The minimum Gasteiger partial charge on any atom is -0.618 e. The van der Waals surface area contributed by atoms with Crippen LogP contribution >= 0.6 is 0 Å². The lowest BCUT2D eigenvalue weighted by atomic mass is 9.59. The van der Waals surface area contributed by atoms with Gasteiger partial charge < -0.3 is 18.4 Å². The molecule has 0 atom stereocenters. The largest absolute Gasteiger partial charge is 0.685 e. The molecule has 188 valence electrons. The smallest absolute Gasteiger partial charge is 0.618 e. The molecule has 0 amide bonds. The summed E-state index contributed by atoms with van der Waals surface area (Å²) in [5.74, 6) is 1.65. The van der Waals surface area contributed by atoms with Crippen LogP contribution in [0, 0.1) is 0 Å². The molecule has 5 aromatic carbocycles. The molecule has 0 saturated carbocycles. The number of aromatic nitrogens is 2. The van der Waals surface area contributed by atoms with Gasteiger partial charge in [0.15, 0.2) is 11.4 Å². The summed E-state index contributed by atoms with van der Waals surface area (Å²) in [5, 5.41) is 2.50. The summed E-state index contributed by atoms with van der Waals surface area (Å²) < 4.78 is 18.5. The maximum absolute atomic E-state index is 6.94. The highest BCUT2D eigenvalue weighted by molar-refractivity contribution is 6.75. The average molecular weight is 514 g/mol. The number of hydrogen-bond acceptors (Lipinski definition) is 2. The Morgan fingerprint density at radius 2 is 0.975 bits per heavy atom. The van der Waals surface area contributed by atoms with Crippen molar-refractivity contribution in [3.8, 4) is 39.7 Å². The molecule has 0 N–H and O–H groups in total. The first-order valence-corrected chi connectivity index (χ1v) is 13.7. The highest BCUT2D eigenvalue weighted by atomic mass is 16.6. The van der Waals surface area contributed by atoms with Gasteiger partial charge in [-0.2, -0.15) is 0 Å². The third-order valence-electron chi connectivity index (χ3n) is 8.42. The lowest BCUT2D eigenvalue weighted by Crippen LogP contribution is -2.83. The molecule has 4 heterocycles. The molecule has 0 spiro atoms. The molecule has 0 bridgehead atoms. The van der Waals surface area contributed by atoms with Crippen molar-refractivity contribution in [1.29, 1.82) is 0 Å². The Morgan fingerprint density at radius 1 is 0.475 bits per heavy atom. The Labute approximate surface area is 231 Å². The molecule has 5 heteroatoms. The molecular weight excluding hydrogens is 491 g/mol. The molecule has 0 saturated heterocycles. The zero-order valence-electron chi connectivity index (χ0n) is 21.6. The summed E-state index contributed by atoms with van der Waals surface area (Å²) in [4.78, 5) is 0. The molecule has 0 fully saturated rings. The van der Waals surface area contributed by atoms with Gasteiger partial charge in [0.1, 0.15) is 0 Å². The molecular formula is C35H23BN2O2. The van der Waals surface area contributed by atoms with Crippen LogP contribution in [0.2, 0.25) is 0 Å². The van der Waals surface area contributed by atoms with Crippen LogP contribution in [-0.2, 0) is 0 Å². The highest BCUT2D eigenvalue weighted by Gasteiger charge is 2.56. The number of benzene rings is 5. The van der Waals surface area contributed by atoms with Crippen LogP contribution in [-0.4, -0.2) is 11.3 Å². The lowest BCUT2D eigenvalue weighted by molar-refractivity contribution is -0.548. The molecule has 0 radical (unpaired) electrons. The normalized spacial score (nSPS) is 14.1. The van der Waals surface area contributed by atoms with E-state index in [0.29, 0.717) is 0 Å². The van der Waals surface area contributed by atoms with Gasteiger partial charge in [0.2, 0.25) is 0 Å². The van der Waals surface area contributed by atoms with E-state index in [2.05, 4.69) is 124 Å². The molecule has 4 nitrogen and oxygen atoms in total. The summed E-state index contributed by atoms with van der Waals surface area (Å²) in [6, 6.07) is 48.7. The van der Waals surface area contributed by atoms with Crippen molar-refractivity contribution in [3.05, 3.63) is 140 Å². The van der Waals surface area contributed by atoms with Gasteiger partial charge in [-0.05, 0) is 60.1 Å². The van der Waals surface area contributed by atoms with Crippen LogP contribution < -0.4 is 19.2 Å². The molecule has 2 aliphatic heterocycles. The number of hydrogen-bond donors (Lipinski definition) is 0. The average Bonchev–Trinajstić information content (AvgIpc) is 3.36. The van der Waals surface area contributed by atoms with Gasteiger partial charge in [-0.3, -0.25) is 0 Å². The fraction of sp³-hybridized carbons (Fsp3) is 0. The molecule has 7 aromatic rings. The predicted octanol–water partition coefficient (Wildman–Crippen LogP) is 6.88. The second-order valence-corrected chi connectivity index (χ2v) is 10.5. The van der Waals surface area contributed by atoms with Crippen LogP contribution in [0.4, 0.5) is 0 Å². The van der Waals surface area contributed by atoms with Crippen LogP contribution in [0.5, 0.6) is 11.5 Å². The number of rotatable bonds is 2. The van der Waals surface area contributed by atoms with Crippen molar-refractivity contribution in [1.82, 2.24) is 4.57 Å². The SMILES string of the molecule is c1ccc2c(c1)O[B-]1(c3ccc(-n4c5ccccc5c5ccccc54)cc3)Oc3ccccc3-c3cccc-2[n+]31. The first-order valence-electron chi connectivity index (χ1n) is 13.7. The maximum Gasteiger partial charge on any atom is 0.685 e. The summed E-state index contributed by atoms with van der Waals surface area (Å²) in [5.41, 5.74) is 8.74. The second kappa shape index (κ2) is 7.87. The van der Waals surface area contributed by atoms with Crippen LogP contribution in [0.1, 0.15) is 0 Å². The van der Waals surface area contributed by atoms with E-state index in [9.17, 15) is 0 Å². The number of fused-ring (bicyclic) bond motifs is 7. The van der Waals surface area contributed by atoms with Crippen LogP contribution in [0.25, 0.3) is 50.0 Å². The zero-order valence-corrected chi connectivity index (χ0v) is 21.6. The van der Waals surface area contributed by atoms with Gasteiger partial charge in [0.25, 0.3) is 0 Å². The van der Waals surface area contributed by atoms with Gasteiger partial charge in [0.05, 0.1) is 33.7 Å². The van der Waals surface area contributed by atoms with E-state index in [1.54, 1.807) is 0 Å². The van der Waals surface area contributed by atoms with Crippen molar-refractivity contribution >= 4 is 34.0 Å². The van der Waals surface area contributed by atoms with Crippen molar-refractivity contribution in [2.45, 2.75) is 0 Å². The Balaban J connectivity index is 1.28. The van der Waals surface area contributed by atoms with E-state index in [-0.39, 0.29) is 0 Å². The van der Waals surface area contributed by atoms with Crippen molar-refractivity contribution in [2.24, 2.45) is 0 Å². The Kier molecular flexibility index (Phi) is 4.25. The predicted molar refractivity (Wildman–Crippen MR) is 160 cm³/mol. The van der Waals surface area contributed by atoms with Gasteiger partial charge in [-0.15, -0.1) is 0 Å². The lowest BCUT2D eigenvalue weighted by Gasteiger charge is -2.44. The van der Waals surface area contributed by atoms with E-state index in [0.717, 1.165) is 45.2 Å². The third kappa shape index (κ3) is 2.78. The molecule has 2 aliphatic rings. The summed E-state index contributed by atoms with van der Waals surface area (Å²) in [6.45, 7) is -2.10.